The van der Waals surface area contributed by atoms with Crippen LogP contribution in [0.4, 0.5) is 0 Å². The van der Waals surface area contributed by atoms with E-state index in [2.05, 4.69) is 5.73 Å². The van der Waals surface area contributed by atoms with Crippen LogP contribution < -0.4 is 5.73 Å². The highest BCUT2D eigenvalue weighted by Gasteiger charge is 1.73. The van der Waals surface area contributed by atoms with E-state index in [1.807, 2.05) is 0 Å². The first-order valence-electron chi connectivity index (χ1n) is 1.69. The molecule has 1 amide bonds. The van der Waals surface area contributed by atoms with Gasteiger partial charge in [0.15, 0.2) is 0 Å². The number of hydrogen-bond acceptors (Lipinski definition) is 1. The largest absolute Gasteiger partial charge is 0.366 e. The van der Waals surface area contributed by atoms with Gasteiger partial charge in [-0.3, -0.25) is 4.79 Å². The molecular formula is C4H7NO. The zero-order chi connectivity index (χ0) is 4.99. The minimum absolute atomic E-state index is 0.391. The molecular weight excluding hydrogens is 78.0 g/mol. The second kappa shape index (κ2) is 2.45. The van der Waals surface area contributed by atoms with Crippen molar-refractivity contribution in [1.29, 1.82) is 0 Å². The first-order valence-corrected chi connectivity index (χ1v) is 1.69. The first-order chi connectivity index (χ1) is 2.77. The van der Waals surface area contributed by atoms with Gasteiger partial charge in [0.2, 0.25) is 5.91 Å². The summed E-state index contributed by atoms with van der Waals surface area (Å²) in [5.74, 6) is -0.391. The summed E-state index contributed by atoms with van der Waals surface area (Å²) in [5, 5.41) is 0. The maximum absolute atomic E-state index is 9.73. The highest BCUT2D eigenvalue weighted by Crippen LogP contribution is 1.62. The van der Waals surface area contributed by atoms with Crippen LogP contribution in [-0.4, -0.2) is 5.91 Å². The standard InChI is InChI=1S/C4H7NO/c1-2-3-4(5)6/h2-3H,1H3,(H2,5,6). The molecule has 0 saturated heterocycles. The average molecular weight is 85.1 g/mol. The third-order valence-electron chi connectivity index (χ3n) is 0.331. The molecule has 0 aromatic heterocycles. The molecule has 0 heterocycles. The predicted molar refractivity (Wildman–Crippen MR) is 24.0 cm³/mol. The topological polar surface area (TPSA) is 43.1 Å². The number of amides is 1. The summed E-state index contributed by atoms with van der Waals surface area (Å²) >= 11 is 0. The van der Waals surface area contributed by atoms with Crippen LogP contribution in [0.1, 0.15) is 6.92 Å². The van der Waals surface area contributed by atoms with Crippen molar-refractivity contribution in [2.75, 3.05) is 0 Å². The Hall–Kier alpha value is -0.790. The molecule has 0 spiro atoms. The van der Waals surface area contributed by atoms with Gasteiger partial charge in [-0.1, -0.05) is 6.08 Å². The van der Waals surface area contributed by atoms with Gasteiger partial charge in [0, 0.05) is 0 Å². The number of allylic oxidation sites excluding steroid dienone is 1. The summed E-state index contributed by atoms with van der Waals surface area (Å²) in [5.41, 5.74) is 4.68. The van der Waals surface area contributed by atoms with Gasteiger partial charge in [-0.05, 0) is 13.0 Å². The molecule has 0 radical (unpaired) electrons. The Balaban J connectivity index is 3.30. The second-order valence-electron chi connectivity index (χ2n) is 0.902. The molecule has 34 valence electrons. The molecule has 2 heteroatoms. The Labute approximate surface area is 36.6 Å². The molecule has 2 N–H and O–H groups in total. The normalized spacial score (nSPS) is 9.50. The Morgan fingerprint density at radius 2 is 2.33 bits per heavy atom. The maximum Gasteiger partial charge on any atom is 0.241 e. The monoisotopic (exact) mass is 85.1 g/mol. The first kappa shape index (κ1) is 5.21. The quantitative estimate of drug-likeness (QED) is 0.449. The molecule has 2 nitrogen and oxygen atoms in total. The van der Waals surface area contributed by atoms with Crippen molar-refractivity contribution in [1.82, 2.24) is 0 Å². The van der Waals surface area contributed by atoms with E-state index in [1.165, 1.54) is 6.08 Å². The van der Waals surface area contributed by atoms with Gasteiger partial charge in [-0.2, -0.15) is 0 Å². The molecule has 0 aromatic rings. The molecule has 0 aliphatic heterocycles. The molecule has 0 fully saturated rings. The van der Waals surface area contributed by atoms with Gasteiger partial charge in [-0.25, -0.2) is 0 Å². The third-order valence-corrected chi connectivity index (χ3v) is 0.331. The van der Waals surface area contributed by atoms with Gasteiger partial charge in [0.1, 0.15) is 0 Å². The van der Waals surface area contributed by atoms with Gasteiger partial charge >= 0.3 is 0 Å². The summed E-state index contributed by atoms with van der Waals surface area (Å²) in [4.78, 5) is 9.73. The Morgan fingerprint density at radius 1 is 1.83 bits per heavy atom. The van der Waals surface area contributed by atoms with Crippen LogP contribution in [0.15, 0.2) is 12.2 Å². The van der Waals surface area contributed by atoms with Crippen molar-refractivity contribution < 1.29 is 4.79 Å². The zero-order valence-electron chi connectivity index (χ0n) is 3.64. The summed E-state index contributed by atoms with van der Waals surface area (Å²) in [6.07, 6.45) is 2.91. The van der Waals surface area contributed by atoms with Crippen LogP contribution in [0.5, 0.6) is 0 Å². The van der Waals surface area contributed by atoms with Crippen molar-refractivity contribution >= 4 is 5.91 Å². The number of carbonyl (C=O) groups is 1. The fourth-order valence-corrected chi connectivity index (χ4v) is 0.164. The van der Waals surface area contributed by atoms with Gasteiger partial charge in [-0.15, -0.1) is 0 Å². The molecule has 0 aliphatic rings. The minimum atomic E-state index is -0.391. The molecule has 0 rings (SSSR count). The molecule has 0 atom stereocenters. The van der Waals surface area contributed by atoms with Crippen molar-refractivity contribution in [3.63, 3.8) is 0 Å². The summed E-state index contributed by atoms with van der Waals surface area (Å²) < 4.78 is 0. The van der Waals surface area contributed by atoms with Gasteiger partial charge in [0.25, 0.3) is 0 Å². The van der Waals surface area contributed by atoms with E-state index in [4.69, 9.17) is 0 Å². The smallest absolute Gasteiger partial charge is 0.241 e. The molecule has 6 heavy (non-hydrogen) atoms. The van der Waals surface area contributed by atoms with E-state index in [-0.39, 0.29) is 0 Å². The van der Waals surface area contributed by atoms with E-state index in [1.54, 1.807) is 13.0 Å². The second-order valence-corrected chi connectivity index (χ2v) is 0.902. The minimum Gasteiger partial charge on any atom is -0.366 e. The molecule has 0 aliphatic carbocycles. The van der Waals surface area contributed by atoms with Crippen LogP contribution in [0.3, 0.4) is 0 Å². The van der Waals surface area contributed by atoms with E-state index >= 15 is 0 Å². The summed E-state index contributed by atoms with van der Waals surface area (Å²) in [6.45, 7) is 1.74. The van der Waals surface area contributed by atoms with E-state index in [9.17, 15) is 4.79 Å². The Morgan fingerprint density at radius 3 is 2.33 bits per heavy atom. The lowest BCUT2D eigenvalue weighted by molar-refractivity contribution is -0.113. The van der Waals surface area contributed by atoms with Crippen LogP contribution >= 0.6 is 0 Å². The van der Waals surface area contributed by atoms with Crippen molar-refractivity contribution in [3.05, 3.63) is 12.2 Å². The van der Waals surface area contributed by atoms with Crippen LogP contribution in [0.25, 0.3) is 0 Å². The van der Waals surface area contributed by atoms with Gasteiger partial charge in [0.05, 0.1) is 0 Å². The lowest BCUT2D eigenvalue weighted by atomic mass is 10.5. The Bertz CT molecular complexity index is 75.6. The average Bonchev–Trinajstić information content (AvgIpc) is 1.35. The van der Waals surface area contributed by atoms with Gasteiger partial charge < -0.3 is 5.73 Å². The number of hydrogen-bond donors (Lipinski definition) is 1. The number of primary amides is 1. The molecule has 0 bridgehead atoms. The lowest BCUT2D eigenvalue weighted by Gasteiger charge is -1.70. The van der Waals surface area contributed by atoms with Crippen LogP contribution in [-0.2, 0) is 4.79 Å². The van der Waals surface area contributed by atoms with E-state index in [0.717, 1.165) is 0 Å². The predicted octanol–water partition coefficient (Wildman–Crippen LogP) is 0.0478. The fourth-order valence-electron chi connectivity index (χ4n) is 0.164. The lowest BCUT2D eigenvalue weighted by Crippen LogP contribution is -2.04. The number of nitrogens with two attached hydrogens (primary N) is 1. The zero-order valence-corrected chi connectivity index (χ0v) is 3.64. The molecule has 0 aromatic carbocycles. The summed E-state index contributed by atoms with van der Waals surface area (Å²) in [7, 11) is 0. The third kappa shape index (κ3) is 3.21. The van der Waals surface area contributed by atoms with E-state index in [0.29, 0.717) is 0 Å². The highest BCUT2D eigenvalue weighted by molar-refractivity contribution is 5.85. The van der Waals surface area contributed by atoms with Crippen molar-refractivity contribution in [2.45, 2.75) is 6.92 Å². The van der Waals surface area contributed by atoms with Crippen LogP contribution in [0, 0.1) is 0 Å². The highest BCUT2D eigenvalue weighted by atomic mass is 16.1. The number of rotatable bonds is 1. The SMILES string of the molecule is CC=CC(N)=O. The van der Waals surface area contributed by atoms with Crippen molar-refractivity contribution in [3.8, 4) is 0 Å². The maximum atomic E-state index is 9.73. The fraction of sp³-hybridized carbons (Fsp3) is 0.250. The van der Waals surface area contributed by atoms with Crippen molar-refractivity contribution in [2.24, 2.45) is 5.73 Å². The Kier molecular flexibility index (Phi) is 2.13. The summed E-state index contributed by atoms with van der Waals surface area (Å²) in [6, 6.07) is 0. The molecule has 0 unspecified atom stereocenters. The molecule has 0 saturated carbocycles. The van der Waals surface area contributed by atoms with Crippen LogP contribution in [0.2, 0.25) is 0 Å². The number of carbonyl (C=O) groups excluding carboxylic acids is 1. The van der Waals surface area contributed by atoms with E-state index < -0.39 is 5.91 Å².